The topological polar surface area (TPSA) is 33.2 Å². The molecule has 0 radical (unpaired) electrons. The minimum Gasteiger partial charge on any atom is -0.508 e. The van der Waals surface area contributed by atoms with Crippen LogP contribution in [0, 0.1) is 12.8 Å². The summed E-state index contributed by atoms with van der Waals surface area (Å²) in [4.78, 5) is 9.32. The molecule has 9 rings (SSSR count). The van der Waals surface area contributed by atoms with Crippen molar-refractivity contribution in [3.05, 3.63) is 241 Å². The minimum absolute atomic E-state index is 0.125. The van der Waals surface area contributed by atoms with Crippen molar-refractivity contribution in [1.29, 1.82) is 0 Å². The average molecular weight is 795 g/mol. The molecule has 0 fully saturated rings. The molecule has 2 aliphatic carbocycles. The fourth-order valence-corrected chi connectivity index (χ4v) is 8.45. The van der Waals surface area contributed by atoms with Gasteiger partial charge in [-0.3, -0.25) is 0 Å². The Bertz CT molecular complexity index is 2690. The van der Waals surface area contributed by atoms with Crippen LogP contribution in [0.1, 0.15) is 25.3 Å². The van der Waals surface area contributed by atoms with Crippen LogP contribution in [0.25, 0.3) is 0 Å². The number of aromatic hydroxyl groups is 1. The summed E-state index contributed by atoms with van der Waals surface area (Å²) in [6.45, 7) is 4.43. The van der Waals surface area contributed by atoms with Gasteiger partial charge in [0.15, 0.2) is 0 Å². The van der Waals surface area contributed by atoms with E-state index >= 15 is 0 Å². The normalized spacial score (nSPS) is 15.7. The van der Waals surface area contributed by atoms with Crippen LogP contribution in [0.5, 0.6) is 5.75 Å². The monoisotopic (exact) mass is 794 g/mol. The van der Waals surface area contributed by atoms with Crippen molar-refractivity contribution in [2.45, 2.75) is 32.7 Å². The van der Waals surface area contributed by atoms with E-state index in [0.717, 1.165) is 64.0 Å². The van der Waals surface area contributed by atoms with Crippen LogP contribution in [0.4, 0.5) is 51.2 Å². The first-order chi connectivity index (χ1) is 30.0. The van der Waals surface area contributed by atoms with Gasteiger partial charge < -0.3 is 24.7 Å². The SMILES string of the molecule is Cc1cccc(N(c2ccccc2)C2C=CC(N(c3ccc(N(C4=CC(C)CC=C4)c4ccccc4)cc3)c3ccc(N(c4ccccc4)c4cccc(O)c4)cc3)=CC2)c1. The fourth-order valence-electron chi connectivity index (χ4n) is 8.45. The molecule has 0 aliphatic heterocycles. The largest absolute Gasteiger partial charge is 0.508 e. The molecule has 1 N–H and O–H groups in total. The first-order valence-corrected chi connectivity index (χ1v) is 21.2. The Balaban J connectivity index is 1.10. The van der Waals surface area contributed by atoms with Crippen molar-refractivity contribution in [2.24, 2.45) is 5.92 Å². The number of hydrogen-bond acceptors (Lipinski definition) is 5. The smallest absolute Gasteiger partial charge is 0.117 e. The third-order valence-corrected chi connectivity index (χ3v) is 11.3. The lowest BCUT2D eigenvalue weighted by molar-refractivity contribution is 0.475. The lowest BCUT2D eigenvalue weighted by Crippen LogP contribution is -2.31. The van der Waals surface area contributed by atoms with E-state index in [9.17, 15) is 5.11 Å². The van der Waals surface area contributed by atoms with E-state index in [1.165, 1.54) is 16.9 Å². The second kappa shape index (κ2) is 17.8. The first-order valence-electron chi connectivity index (χ1n) is 21.2. The molecule has 0 heterocycles. The highest BCUT2D eigenvalue weighted by Gasteiger charge is 2.24. The van der Waals surface area contributed by atoms with Crippen LogP contribution in [0.3, 0.4) is 0 Å². The Morgan fingerprint density at radius 1 is 0.443 bits per heavy atom. The van der Waals surface area contributed by atoms with Gasteiger partial charge in [0.25, 0.3) is 0 Å². The van der Waals surface area contributed by atoms with E-state index in [1.54, 1.807) is 12.1 Å². The van der Waals surface area contributed by atoms with Crippen molar-refractivity contribution in [3.8, 4) is 5.75 Å². The molecule has 0 aromatic heterocycles. The highest BCUT2D eigenvalue weighted by molar-refractivity contribution is 5.81. The number of para-hydroxylation sites is 3. The van der Waals surface area contributed by atoms with Gasteiger partial charge in [-0.25, -0.2) is 0 Å². The van der Waals surface area contributed by atoms with Gasteiger partial charge in [0.2, 0.25) is 0 Å². The Morgan fingerprint density at radius 3 is 1.48 bits per heavy atom. The lowest BCUT2D eigenvalue weighted by atomic mass is 10.00. The van der Waals surface area contributed by atoms with Crippen molar-refractivity contribution in [1.82, 2.24) is 0 Å². The number of hydrogen-bond donors (Lipinski definition) is 1. The second-order valence-corrected chi connectivity index (χ2v) is 15.8. The zero-order valence-electron chi connectivity index (χ0n) is 34.7. The number of phenols is 1. The minimum atomic E-state index is 0.125. The summed E-state index contributed by atoms with van der Waals surface area (Å²) in [5.74, 6) is 0.690. The number of rotatable bonds is 12. The van der Waals surface area contributed by atoms with E-state index in [2.05, 4.69) is 215 Å². The maximum atomic E-state index is 10.5. The lowest BCUT2D eigenvalue weighted by Gasteiger charge is -2.35. The number of allylic oxidation sites excluding steroid dienone is 4. The standard InChI is InChI=1S/C56H50N4O/c1-42-15-12-23-53(39-42)58(44-17-6-3-7-18-44)50-33-27-47(28-34-50)57(48-29-35-51(36-30-48)59(45-19-8-4-9-20-45)54-24-13-16-43(2)40-54)49-31-37-52(38-32-49)60(46-21-10-5-11-22-46)55-25-14-26-56(61)41-55/h3-15,17-33,35-41,43,50,61H,16,34H2,1-2H3. The van der Waals surface area contributed by atoms with Gasteiger partial charge in [-0.15, -0.1) is 0 Å². The second-order valence-electron chi connectivity index (χ2n) is 15.8. The predicted molar refractivity (Wildman–Crippen MR) is 256 cm³/mol. The summed E-state index contributed by atoms with van der Waals surface area (Å²) >= 11 is 0. The van der Waals surface area contributed by atoms with Gasteiger partial charge in [-0.1, -0.05) is 104 Å². The van der Waals surface area contributed by atoms with E-state index in [1.807, 2.05) is 30.3 Å². The van der Waals surface area contributed by atoms with E-state index in [0.29, 0.717) is 5.92 Å². The molecule has 300 valence electrons. The predicted octanol–water partition coefficient (Wildman–Crippen LogP) is 15.0. The summed E-state index contributed by atoms with van der Waals surface area (Å²) in [6.07, 6.45) is 15.8. The number of nitrogens with zero attached hydrogens (tertiary/aromatic N) is 4. The maximum Gasteiger partial charge on any atom is 0.117 e. The zero-order chi connectivity index (χ0) is 41.5. The van der Waals surface area contributed by atoms with Crippen LogP contribution in [-0.4, -0.2) is 11.1 Å². The van der Waals surface area contributed by atoms with Crippen molar-refractivity contribution < 1.29 is 5.11 Å². The van der Waals surface area contributed by atoms with Crippen molar-refractivity contribution >= 4 is 51.2 Å². The first kappa shape index (κ1) is 39.0. The van der Waals surface area contributed by atoms with Gasteiger partial charge in [-0.05, 0) is 153 Å². The number of benzene rings is 7. The Labute approximate surface area is 360 Å². The van der Waals surface area contributed by atoms with Gasteiger partial charge in [0.1, 0.15) is 5.75 Å². The van der Waals surface area contributed by atoms with Crippen LogP contribution in [0.2, 0.25) is 0 Å². The molecule has 0 saturated heterocycles. The summed E-state index contributed by atoms with van der Waals surface area (Å²) in [5, 5.41) is 10.5. The molecule has 5 heteroatoms. The Kier molecular flexibility index (Phi) is 11.4. The maximum absolute atomic E-state index is 10.5. The van der Waals surface area contributed by atoms with Crippen molar-refractivity contribution in [3.63, 3.8) is 0 Å². The molecule has 2 unspecified atom stereocenters. The molecule has 61 heavy (non-hydrogen) atoms. The summed E-state index contributed by atoms with van der Waals surface area (Å²) in [7, 11) is 0. The summed E-state index contributed by atoms with van der Waals surface area (Å²) < 4.78 is 0. The highest BCUT2D eigenvalue weighted by atomic mass is 16.3. The molecule has 5 nitrogen and oxygen atoms in total. The molecule has 0 spiro atoms. The summed E-state index contributed by atoms with van der Waals surface area (Å²) in [5.41, 5.74) is 13.1. The Hall–Kier alpha value is -7.50. The van der Waals surface area contributed by atoms with E-state index in [-0.39, 0.29) is 11.8 Å². The highest BCUT2D eigenvalue weighted by Crippen LogP contribution is 2.41. The molecule has 2 aliphatic rings. The van der Waals surface area contributed by atoms with Crippen LogP contribution < -0.4 is 19.6 Å². The third kappa shape index (κ3) is 8.64. The van der Waals surface area contributed by atoms with Crippen molar-refractivity contribution in [2.75, 3.05) is 19.6 Å². The molecule has 0 saturated carbocycles. The van der Waals surface area contributed by atoms with Gasteiger partial charge in [-0.2, -0.15) is 0 Å². The molecular formula is C56H50N4O. The van der Waals surface area contributed by atoms with Crippen LogP contribution in [-0.2, 0) is 0 Å². The van der Waals surface area contributed by atoms with Gasteiger partial charge in [0.05, 0.1) is 6.04 Å². The average Bonchev–Trinajstić information content (AvgIpc) is 3.30. The van der Waals surface area contributed by atoms with E-state index < -0.39 is 0 Å². The van der Waals surface area contributed by atoms with E-state index in [4.69, 9.17) is 0 Å². The van der Waals surface area contributed by atoms with Gasteiger partial charge >= 0.3 is 0 Å². The fraction of sp³-hybridized carbons (Fsp3) is 0.107. The summed E-state index contributed by atoms with van der Waals surface area (Å²) in [6, 6.07) is 65.6. The van der Waals surface area contributed by atoms with Crippen LogP contribution >= 0.6 is 0 Å². The molecule has 2 atom stereocenters. The molecular weight excluding hydrogens is 745 g/mol. The number of anilines is 9. The molecule has 7 aromatic carbocycles. The van der Waals surface area contributed by atoms with Crippen LogP contribution in [0.15, 0.2) is 236 Å². The third-order valence-electron chi connectivity index (χ3n) is 11.3. The Morgan fingerprint density at radius 2 is 0.934 bits per heavy atom. The quantitative estimate of drug-likeness (QED) is 0.133. The number of phenolic OH excluding ortho intramolecular Hbond substituents is 1. The zero-order valence-corrected chi connectivity index (χ0v) is 34.7. The van der Waals surface area contributed by atoms with Gasteiger partial charge in [0, 0.05) is 68.6 Å². The molecule has 0 amide bonds. The number of aryl methyl sites for hydroxylation is 1. The molecule has 7 aromatic rings. The molecule has 0 bridgehead atoms.